The molecule has 1 heteroatoms. The second-order valence-electron chi connectivity index (χ2n) is 5.04. The molecule has 0 radical (unpaired) electrons. The number of hydrogen-bond donors (Lipinski definition) is 0. The molecule has 0 unspecified atom stereocenters. The molecule has 21 heavy (non-hydrogen) atoms. The molecule has 0 aliphatic heterocycles. The minimum absolute atomic E-state index is 1.17. The van der Waals surface area contributed by atoms with E-state index in [9.17, 15) is 0 Å². The van der Waals surface area contributed by atoms with E-state index in [-0.39, 0.29) is 0 Å². The largest absolute Gasteiger partial charge is 0.296 e. The first-order chi connectivity index (χ1) is 10.2. The number of nitrogens with zero attached hydrogens (tertiary/aromatic N) is 1. The summed E-state index contributed by atoms with van der Waals surface area (Å²) in [7, 11) is 1.79. The molecule has 0 amide bonds. The summed E-state index contributed by atoms with van der Waals surface area (Å²) in [6.07, 6.45) is 6.11. The predicted octanol–water partition coefficient (Wildman–Crippen LogP) is 5.18. The minimum Gasteiger partial charge on any atom is -0.296 e. The lowest BCUT2D eigenvalue weighted by molar-refractivity contribution is 1.41. The lowest BCUT2D eigenvalue weighted by atomic mass is 9.97. The van der Waals surface area contributed by atoms with Crippen LogP contribution in [-0.4, -0.2) is 13.3 Å². The maximum absolute atomic E-state index is 4.07. The van der Waals surface area contributed by atoms with Crippen LogP contribution in [-0.2, 0) is 0 Å². The van der Waals surface area contributed by atoms with Crippen LogP contribution in [0.5, 0.6) is 0 Å². The molecule has 0 N–H and O–H groups in total. The van der Waals surface area contributed by atoms with Crippen molar-refractivity contribution in [2.24, 2.45) is 4.99 Å². The van der Waals surface area contributed by atoms with Gasteiger partial charge in [0.05, 0.1) is 0 Å². The molecule has 0 atom stereocenters. The van der Waals surface area contributed by atoms with E-state index in [1.54, 1.807) is 7.05 Å². The van der Waals surface area contributed by atoms with Crippen molar-refractivity contribution in [2.45, 2.75) is 13.8 Å². The Morgan fingerprint density at radius 1 is 0.952 bits per heavy atom. The Hall–Kier alpha value is -2.41. The number of rotatable bonds is 4. The van der Waals surface area contributed by atoms with Gasteiger partial charge < -0.3 is 0 Å². The van der Waals surface area contributed by atoms with E-state index in [4.69, 9.17) is 0 Å². The molecule has 2 aromatic carbocycles. The van der Waals surface area contributed by atoms with Gasteiger partial charge in [0.15, 0.2) is 0 Å². The van der Waals surface area contributed by atoms with Crippen molar-refractivity contribution in [3.63, 3.8) is 0 Å². The van der Waals surface area contributed by atoms with E-state index in [0.717, 1.165) is 0 Å². The highest BCUT2D eigenvalue weighted by atomic mass is 14.6. The third kappa shape index (κ3) is 4.03. The van der Waals surface area contributed by atoms with Crippen molar-refractivity contribution in [3.05, 3.63) is 83.4 Å². The number of benzene rings is 2. The summed E-state index contributed by atoms with van der Waals surface area (Å²) in [5.74, 6) is 0. The van der Waals surface area contributed by atoms with Gasteiger partial charge in [0, 0.05) is 13.3 Å². The molecule has 0 saturated carbocycles. The predicted molar refractivity (Wildman–Crippen MR) is 93.7 cm³/mol. The Kier molecular flexibility index (Phi) is 5.28. The Bertz CT molecular complexity index is 676. The summed E-state index contributed by atoms with van der Waals surface area (Å²) in [6.45, 7) is 4.30. The zero-order chi connectivity index (χ0) is 15.1. The SMILES string of the molecule is C/N=C/C=C(\C=C(/C)c1ccccc1C)c1ccccc1. The van der Waals surface area contributed by atoms with Crippen LogP contribution in [0.25, 0.3) is 11.1 Å². The molecule has 0 heterocycles. The van der Waals surface area contributed by atoms with Crippen LogP contribution in [0.2, 0.25) is 0 Å². The molecule has 0 fully saturated rings. The van der Waals surface area contributed by atoms with Gasteiger partial charge in [-0.15, -0.1) is 0 Å². The first-order valence-electron chi connectivity index (χ1n) is 7.14. The molecule has 106 valence electrons. The van der Waals surface area contributed by atoms with E-state index in [2.05, 4.69) is 79.5 Å². The number of hydrogen-bond acceptors (Lipinski definition) is 1. The fourth-order valence-corrected chi connectivity index (χ4v) is 2.34. The fraction of sp³-hybridized carbons (Fsp3) is 0.150. The highest BCUT2D eigenvalue weighted by Crippen LogP contribution is 2.23. The molecule has 2 rings (SSSR count). The third-order valence-electron chi connectivity index (χ3n) is 3.45. The average Bonchev–Trinajstić information content (AvgIpc) is 2.52. The molecule has 0 spiro atoms. The summed E-state index contributed by atoms with van der Waals surface area (Å²) in [5, 5.41) is 0. The van der Waals surface area contributed by atoms with Gasteiger partial charge in [-0.1, -0.05) is 60.7 Å². The van der Waals surface area contributed by atoms with Gasteiger partial charge in [0.1, 0.15) is 0 Å². The van der Waals surface area contributed by atoms with Crippen LogP contribution in [0, 0.1) is 6.92 Å². The topological polar surface area (TPSA) is 12.4 Å². The van der Waals surface area contributed by atoms with Crippen molar-refractivity contribution in [3.8, 4) is 0 Å². The molecule has 1 nitrogen and oxygen atoms in total. The second-order valence-corrected chi connectivity index (χ2v) is 5.04. The minimum atomic E-state index is 1.17. The van der Waals surface area contributed by atoms with E-state index in [0.29, 0.717) is 0 Å². The normalized spacial score (nSPS) is 12.9. The second kappa shape index (κ2) is 7.39. The van der Waals surface area contributed by atoms with Crippen LogP contribution in [0.1, 0.15) is 23.6 Å². The molecule has 0 aromatic heterocycles. The number of aliphatic imine (C=N–C) groups is 1. The lowest BCUT2D eigenvalue weighted by Crippen LogP contribution is -1.87. The van der Waals surface area contributed by atoms with Gasteiger partial charge in [-0.3, -0.25) is 4.99 Å². The highest BCUT2D eigenvalue weighted by Gasteiger charge is 2.02. The molecular formula is C20H21N. The van der Waals surface area contributed by atoms with Gasteiger partial charge in [-0.2, -0.15) is 0 Å². The molecule has 0 bridgehead atoms. The Labute approximate surface area is 127 Å². The molecule has 0 saturated heterocycles. The zero-order valence-electron chi connectivity index (χ0n) is 12.9. The van der Waals surface area contributed by atoms with Crippen molar-refractivity contribution in [1.29, 1.82) is 0 Å². The van der Waals surface area contributed by atoms with Crippen LogP contribution in [0.3, 0.4) is 0 Å². The van der Waals surface area contributed by atoms with Gasteiger partial charge in [0.25, 0.3) is 0 Å². The summed E-state index contributed by atoms with van der Waals surface area (Å²) >= 11 is 0. The van der Waals surface area contributed by atoms with Crippen molar-refractivity contribution in [2.75, 3.05) is 7.05 Å². The number of aryl methyl sites for hydroxylation is 1. The summed E-state index contributed by atoms with van der Waals surface area (Å²) in [5.41, 5.74) is 6.20. The fourth-order valence-electron chi connectivity index (χ4n) is 2.34. The van der Waals surface area contributed by atoms with E-state index in [1.165, 1.54) is 27.8 Å². The monoisotopic (exact) mass is 275 g/mol. The lowest BCUT2D eigenvalue weighted by Gasteiger charge is -2.08. The van der Waals surface area contributed by atoms with Gasteiger partial charge in [-0.05, 0) is 47.8 Å². The van der Waals surface area contributed by atoms with Gasteiger partial charge in [-0.25, -0.2) is 0 Å². The van der Waals surface area contributed by atoms with Crippen LogP contribution in [0.15, 0.2) is 71.7 Å². The van der Waals surface area contributed by atoms with Crippen LogP contribution in [0.4, 0.5) is 0 Å². The maximum atomic E-state index is 4.07. The average molecular weight is 275 g/mol. The Morgan fingerprint density at radius 2 is 1.62 bits per heavy atom. The van der Waals surface area contributed by atoms with Gasteiger partial charge in [0.2, 0.25) is 0 Å². The Morgan fingerprint density at radius 3 is 2.29 bits per heavy atom. The molecule has 0 aliphatic carbocycles. The van der Waals surface area contributed by atoms with E-state index in [1.807, 2.05) is 12.3 Å². The summed E-state index contributed by atoms with van der Waals surface area (Å²) in [4.78, 5) is 4.07. The van der Waals surface area contributed by atoms with Crippen LogP contribution < -0.4 is 0 Å². The molecular weight excluding hydrogens is 254 g/mol. The maximum Gasteiger partial charge on any atom is 0.0277 e. The molecule has 0 aliphatic rings. The third-order valence-corrected chi connectivity index (χ3v) is 3.45. The zero-order valence-corrected chi connectivity index (χ0v) is 12.9. The van der Waals surface area contributed by atoms with E-state index >= 15 is 0 Å². The van der Waals surface area contributed by atoms with Crippen LogP contribution >= 0.6 is 0 Å². The first kappa shape index (κ1) is 15.0. The van der Waals surface area contributed by atoms with Gasteiger partial charge >= 0.3 is 0 Å². The van der Waals surface area contributed by atoms with Crippen molar-refractivity contribution >= 4 is 17.4 Å². The summed E-state index contributed by atoms with van der Waals surface area (Å²) < 4.78 is 0. The van der Waals surface area contributed by atoms with E-state index < -0.39 is 0 Å². The smallest absolute Gasteiger partial charge is 0.0277 e. The quantitative estimate of drug-likeness (QED) is 0.538. The Balaban J connectivity index is 2.44. The molecule has 2 aromatic rings. The number of allylic oxidation sites excluding steroid dienone is 4. The highest BCUT2D eigenvalue weighted by molar-refractivity contribution is 5.92. The summed E-state index contributed by atoms with van der Waals surface area (Å²) in [6, 6.07) is 18.9. The van der Waals surface area contributed by atoms with Crippen molar-refractivity contribution in [1.82, 2.24) is 0 Å². The van der Waals surface area contributed by atoms with Crippen molar-refractivity contribution < 1.29 is 0 Å². The standard InChI is InChI=1S/C20H21N/c1-16-9-7-8-12-20(16)17(2)15-19(13-14-21-3)18-10-5-4-6-11-18/h4-15H,1-3H3/b17-15+,19-13+,21-14+. The first-order valence-corrected chi connectivity index (χ1v) is 7.14.